The molecule has 1 rings (SSSR count). The number of carbonyl (C=O) groups is 1. The molecule has 0 N–H and O–H groups in total. The van der Waals surface area contributed by atoms with Crippen molar-refractivity contribution in [2.45, 2.75) is 46.0 Å². The van der Waals surface area contributed by atoms with Gasteiger partial charge in [-0.05, 0) is 25.5 Å². The SMILES string of the molecule is CCCCCCC(=O)Oc1ccc(C)cc1. The number of hydrogen-bond acceptors (Lipinski definition) is 2. The molecule has 0 fully saturated rings. The zero-order chi connectivity index (χ0) is 11.8. The molecule has 0 unspecified atom stereocenters. The normalized spacial score (nSPS) is 10.1. The first-order chi connectivity index (χ1) is 7.72. The Morgan fingerprint density at radius 3 is 2.44 bits per heavy atom. The van der Waals surface area contributed by atoms with E-state index >= 15 is 0 Å². The van der Waals surface area contributed by atoms with E-state index in [-0.39, 0.29) is 5.97 Å². The monoisotopic (exact) mass is 220 g/mol. The number of hydrogen-bond donors (Lipinski definition) is 0. The van der Waals surface area contributed by atoms with Crippen molar-refractivity contribution in [3.8, 4) is 5.75 Å². The summed E-state index contributed by atoms with van der Waals surface area (Å²) >= 11 is 0. The Hall–Kier alpha value is -1.31. The van der Waals surface area contributed by atoms with Gasteiger partial charge in [0.1, 0.15) is 5.75 Å². The van der Waals surface area contributed by atoms with Crippen LogP contribution < -0.4 is 4.74 Å². The van der Waals surface area contributed by atoms with Crippen LogP contribution in [0, 0.1) is 6.92 Å². The second kappa shape index (κ2) is 7.04. The number of carbonyl (C=O) groups excluding carboxylic acids is 1. The second-order valence-electron chi connectivity index (χ2n) is 4.10. The molecule has 0 aliphatic heterocycles. The van der Waals surface area contributed by atoms with E-state index in [1.165, 1.54) is 18.4 Å². The smallest absolute Gasteiger partial charge is 0.311 e. The minimum Gasteiger partial charge on any atom is -0.427 e. The van der Waals surface area contributed by atoms with Gasteiger partial charge in [-0.2, -0.15) is 0 Å². The molecule has 0 radical (unpaired) electrons. The number of ether oxygens (including phenoxy) is 1. The van der Waals surface area contributed by atoms with E-state index in [1.54, 1.807) is 0 Å². The highest BCUT2D eigenvalue weighted by Gasteiger charge is 2.03. The van der Waals surface area contributed by atoms with Gasteiger partial charge in [0.25, 0.3) is 0 Å². The molecule has 0 amide bonds. The third kappa shape index (κ3) is 4.96. The van der Waals surface area contributed by atoms with Gasteiger partial charge in [0.15, 0.2) is 0 Å². The molecule has 0 spiro atoms. The second-order valence-corrected chi connectivity index (χ2v) is 4.10. The van der Waals surface area contributed by atoms with Crippen molar-refractivity contribution in [3.05, 3.63) is 29.8 Å². The van der Waals surface area contributed by atoms with Crippen molar-refractivity contribution in [2.24, 2.45) is 0 Å². The molecule has 0 bridgehead atoms. The van der Waals surface area contributed by atoms with Gasteiger partial charge in [0.2, 0.25) is 0 Å². The minimum absolute atomic E-state index is 0.125. The Morgan fingerprint density at radius 2 is 1.81 bits per heavy atom. The van der Waals surface area contributed by atoms with E-state index in [1.807, 2.05) is 31.2 Å². The maximum atomic E-state index is 11.4. The Morgan fingerprint density at radius 1 is 1.12 bits per heavy atom. The zero-order valence-corrected chi connectivity index (χ0v) is 10.2. The van der Waals surface area contributed by atoms with Crippen LogP contribution in [0.1, 0.15) is 44.6 Å². The Kier molecular flexibility index (Phi) is 5.62. The van der Waals surface area contributed by atoms with Gasteiger partial charge in [0, 0.05) is 6.42 Å². The summed E-state index contributed by atoms with van der Waals surface area (Å²) in [7, 11) is 0. The number of esters is 1. The lowest BCUT2D eigenvalue weighted by Crippen LogP contribution is -2.07. The predicted molar refractivity (Wildman–Crippen MR) is 65.6 cm³/mol. The summed E-state index contributed by atoms with van der Waals surface area (Å²) < 4.78 is 5.21. The number of unbranched alkanes of at least 4 members (excludes halogenated alkanes) is 3. The first-order valence-corrected chi connectivity index (χ1v) is 5.99. The van der Waals surface area contributed by atoms with Gasteiger partial charge >= 0.3 is 5.97 Å². The van der Waals surface area contributed by atoms with Gasteiger partial charge in [-0.3, -0.25) is 4.79 Å². The third-order valence-corrected chi connectivity index (χ3v) is 2.49. The summed E-state index contributed by atoms with van der Waals surface area (Å²) in [6.45, 7) is 4.17. The Balaban J connectivity index is 2.26. The van der Waals surface area contributed by atoms with Crippen LogP contribution in [-0.4, -0.2) is 5.97 Å². The van der Waals surface area contributed by atoms with Crippen LogP contribution in [0.4, 0.5) is 0 Å². The first-order valence-electron chi connectivity index (χ1n) is 5.99. The van der Waals surface area contributed by atoms with E-state index in [4.69, 9.17) is 4.74 Å². The van der Waals surface area contributed by atoms with Crippen LogP contribution in [0.2, 0.25) is 0 Å². The number of benzene rings is 1. The summed E-state index contributed by atoms with van der Waals surface area (Å²) in [5.41, 5.74) is 1.17. The molecule has 0 heterocycles. The minimum atomic E-state index is -0.125. The van der Waals surface area contributed by atoms with Crippen molar-refractivity contribution in [1.82, 2.24) is 0 Å². The lowest BCUT2D eigenvalue weighted by molar-refractivity contribution is -0.134. The summed E-state index contributed by atoms with van der Waals surface area (Å²) in [6.07, 6.45) is 4.94. The van der Waals surface area contributed by atoms with Crippen molar-refractivity contribution < 1.29 is 9.53 Å². The fourth-order valence-electron chi connectivity index (χ4n) is 1.48. The van der Waals surface area contributed by atoms with Crippen molar-refractivity contribution in [3.63, 3.8) is 0 Å². The fourth-order valence-corrected chi connectivity index (χ4v) is 1.48. The zero-order valence-electron chi connectivity index (χ0n) is 10.2. The molecule has 1 aromatic rings. The molecule has 0 saturated carbocycles. The van der Waals surface area contributed by atoms with Crippen LogP contribution >= 0.6 is 0 Å². The summed E-state index contributed by atoms with van der Waals surface area (Å²) in [4.78, 5) is 11.4. The molecular weight excluding hydrogens is 200 g/mol. The van der Waals surface area contributed by atoms with Crippen molar-refractivity contribution in [2.75, 3.05) is 0 Å². The maximum Gasteiger partial charge on any atom is 0.311 e. The van der Waals surface area contributed by atoms with Crippen LogP contribution in [0.3, 0.4) is 0 Å². The van der Waals surface area contributed by atoms with Crippen LogP contribution in [0.15, 0.2) is 24.3 Å². The fraction of sp³-hybridized carbons (Fsp3) is 0.500. The van der Waals surface area contributed by atoms with Crippen LogP contribution in [0.25, 0.3) is 0 Å². The quantitative estimate of drug-likeness (QED) is 0.413. The average Bonchev–Trinajstić information content (AvgIpc) is 2.28. The van der Waals surface area contributed by atoms with E-state index in [0.29, 0.717) is 12.2 Å². The number of rotatable bonds is 6. The molecule has 2 nitrogen and oxygen atoms in total. The lowest BCUT2D eigenvalue weighted by Gasteiger charge is -2.04. The van der Waals surface area contributed by atoms with Crippen LogP contribution in [-0.2, 0) is 4.79 Å². The van der Waals surface area contributed by atoms with Gasteiger partial charge in [0.05, 0.1) is 0 Å². The van der Waals surface area contributed by atoms with E-state index < -0.39 is 0 Å². The van der Waals surface area contributed by atoms with Gasteiger partial charge in [-0.1, -0.05) is 43.9 Å². The molecular formula is C14H20O2. The molecule has 16 heavy (non-hydrogen) atoms. The summed E-state index contributed by atoms with van der Waals surface area (Å²) in [5.74, 6) is 0.519. The van der Waals surface area contributed by atoms with Gasteiger partial charge in [-0.15, -0.1) is 0 Å². The first kappa shape index (κ1) is 12.8. The topological polar surface area (TPSA) is 26.3 Å². The average molecular weight is 220 g/mol. The standard InChI is InChI=1S/C14H20O2/c1-3-4-5-6-7-14(15)16-13-10-8-12(2)9-11-13/h8-11H,3-7H2,1-2H3. The molecule has 0 aromatic heterocycles. The van der Waals surface area contributed by atoms with Gasteiger partial charge < -0.3 is 4.74 Å². The van der Waals surface area contributed by atoms with Crippen LogP contribution in [0.5, 0.6) is 5.75 Å². The maximum absolute atomic E-state index is 11.4. The number of aryl methyl sites for hydroxylation is 1. The van der Waals surface area contributed by atoms with E-state index in [2.05, 4.69) is 6.92 Å². The molecule has 0 aliphatic rings. The molecule has 0 saturated heterocycles. The third-order valence-electron chi connectivity index (χ3n) is 2.49. The molecule has 88 valence electrons. The Bertz CT molecular complexity index is 314. The van der Waals surface area contributed by atoms with Crippen molar-refractivity contribution in [1.29, 1.82) is 0 Å². The predicted octanol–water partition coefficient (Wildman–Crippen LogP) is 3.87. The summed E-state index contributed by atoms with van der Waals surface area (Å²) in [5, 5.41) is 0. The highest BCUT2D eigenvalue weighted by atomic mass is 16.5. The van der Waals surface area contributed by atoms with E-state index in [0.717, 1.165) is 12.8 Å². The molecule has 0 atom stereocenters. The Labute approximate surface area is 97.6 Å². The highest BCUT2D eigenvalue weighted by molar-refractivity contribution is 5.72. The van der Waals surface area contributed by atoms with Gasteiger partial charge in [-0.25, -0.2) is 0 Å². The van der Waals surface area contributed by atoms with Crippen molar-refractivity contribution >= 4 is 5.97 Å². The van der Waals surface area contributed by atoms with E-state index in [9.17, 15) is 4.79 Å². The largest absolute Gasteiger partial charge is 0.427 e. The molecule has 1 aromatic carbocycles. The molecule has 2 heteroatoms. The highest BCUT2D eigenvalue weighted by Crippen LogP contribution is 2.13. The lowest BCUT2D eigenvalue weighted by atomic mass is 10.1. The summed E-state index contributed by atoms with van der Waals surface area (Å²) in [6, 6.07) is 7.55. The molecule has 0 aliphatic carbocycles.